The average molecular weight is 259 g/mol. The van der Waals surface area contributed by atoms with Gasteiger partial charge in [-0.25, -0.2) is 4.79 Å². The molecule has 0 radical (unpaired) electrons. The number of carboxylic acids is 1. The largest absolute Gasteiger partial charge is 0.478 e. The van der Waals surface area contributed by atoms with E-state index in [1.54, 1.807) is 6.07 Å². The number of rotatable bonds is 2. The Labute approximate surface area is 113 Å². The van der Waals surface area contributed by atoms with Crippen molar-refractivity contribution in [2.24, 2.45) is 0 Å². The molecule has 19 heavy (non-hydrogen) atoms. The van der Waals surface area contributed by atoms with E-state index in [9.17, 15) is 9.90 Å². The normalized spacial score (nSPS) is 12.1. The van der Waals surface area contributed by atoms with E-state index in [0.717, 1.165) is 28.6 Å². The smallest absolute Gasteiger partial charge is 0.337 e. The van der Waals surface area contributed by atoms with Gasteiger partial charge in [0.05, 0.1) is 11.1 Å². The van der Waals surface area contributed by atoms with Crippen molar-refractivity contribution in [3.63, 3.8) is 0 Å². The molecule has 0 amide bonds. The molecule has 0 fully saturated rings. The number of aromatic amines is 1. The van der Waals surface area contributed by atoms with Crippen LogP contribution in [0.25, 0.3) is 10.9 Å². The van der Waals surface area contributed by atoms with Crippen LogP contribution < -0.4 is 0 Å². The fourth-order valence-corrected chi connectivity index (χ4v) is 2.54. The van der Waals surface area contributed by atoms with Gasteiger partial charge in [-0.05, 0) is 42.0 Å². The van der Waals surface area contributed by atoms with E-state index < -0.39 is 5.97 Å². The van der Waals surface area contributed by atoms with Gasteiger partial charge in [0.1, 0.15) is 0 Å². The molecule has 0 saturated heterocycles. The molecule has 1 aromatic heterocycles. The molecule has 0 atom stereocenters. The molecule has 2 N–H and O–H groups in total. The highest BCUT2D eigenvalue weighted by Gasteiger charge is 2.21. The lowest BCUT2D eigenvalue weighted by atomic mass is 9.84. The summed E-state index contributed by atoms with van der Waals surface area (Å²) in [5.74, 6) is -0.875. The van der Waals surface area contributed by atoms with E-state index in [4.69, 9.17) is 0 Å². The second-order valence-corrected chi connectivity index (χ2v) is 6.08. The third kappa shape index (κ3) is 2.25. The first-order valence-electron chi connectivity index (χ1n) is 6.64. The molecular weight excluding hydrogens is 238 g/mol. The number of H-pyrrole nitrogens is 1. The van der Waals surface area contributed by atoms with E-state index in [0.29, 0.717) is 5.56 Å². The lowest BCUT2D eigenvalue weighted by Crippen LogP contribution is -2.12. The Balaban J connectivity index is 2.88. The van der Waals surface area contributed by atoms with Gasteiger partial charge >= 0.3 is 5.97 Å². The maximum atomic E-state index is 11.5. The molecule has 0 spiro atoms. The number of aromatic nitrogens is 1. The van der Waals surface area contributed by atoms with Crippen LogP contribution in [0.15, 0.2) is 12.1 Å². The van der Waals surface area contributed by atoms with E-state index in [-0.39, 0.29) is 5.41 Å². The van der Waals surface area contributed by atoms with Crippen molar-refractivity contribution in [2.45, 2.75) is 46.5 Å². The maximum absolute atomic E-state index is 11.5. The Morgan fingerprint density at radius 3 is 2.42 bits per heavy atom. The van der Waals surface area contributed by atoms with Crippen molar-refractivity contribution in [1.29, 1.82) is 0 Å². The van der Waals surface area contributed by atoms with Gasteiger partial charge in [-0.1, -0.05) is 27.7 Å². The number of hydrogen-bond acceptors (Lipinski definition) is 1. The van der Waals surface area contributed by atoms with Crippen LogP contribution in [0.2, 0.25) is 0 Å². The fraction of sp³-hybridized carbons (Fsp3) is 0.438. The van der Waals surface area contributed by atoms with Gasteiger partial charge in [0.2, 0.25) is 0 Å². The molecule has 3 heteroatoms. The van der Waals surface area contributed by atoms with Crippen LogP contribution >= 0.6 is 0 Å². The van der Waals surface area contributed by atoms with Crippen molar-refractivity contribution in [3.8, 4) is 0 Å². The number of aromatic carboxylic acids is 1. The van der Waals surface area contributed by atoms with Crippen LogP contribution in [0.3, 0.4) is 0 Å². The highest BCUT2D eigenvalue weighted by Crippen LogP contribution is 2.32. The Morgan fingerprint density at radius 2 is 1.95 bits per heavy atom. The summed E-state index contributed by atoms with van der Waals surface area (Å²) < 4.78 is 0. The molecule has 2 aromatic rings. The minimum absolute atomic E-state index is 0.0609. The second kappa shape index (κ2) is 4.41. The summed E-state index contributed by atoms with van der Waals surface area (Å²) in [7, 11) is 0. The highest BCUT2D eigenvalue weighted by molar-refractivity contribution is 6.04. The zero-order valence-corrected chi connectivity index (χ0v) is 12.2. The van der Waals surface area contributed by atoms with Gasteiger partial charge < -0.3 is 10.1 Å². The monoisotopic (exact) mass is 259 g/mol. The standard InChI is InChI=1S/C16H21NO2/c1-6-11-9(2)17-14-12(11)7-10(16(3,4)5)8-13(14)15(18)19/h7-8,17H,6H2,1-5H3,(H,18,19). The minimum Gasteiger partial charge on any atom is -0.478 e. The van der Waals surface area contributed by atoms with Crippen molar-refractivity contribution >= 4 is 16.9 Å². The van der Waals surface area contributed by atoms with Gasteiger partial charge in [0.15, 0.2) is 0 Å². The Hall–Kier alpha value is -1.77. The Morgan fingerprint density at radius 1 is 1.32 bits per heavy atom. The second-order valence-electron chi connectivity index (χ2n) is 6.08. The minimum atomic E-state index is -0.875. The molecule has 0 aliphatic carbocycles. The summed E-state index contributed by atoms with van der Waals surface area (Å²) >= 11 is 0. The number of fused-ring (bicyclic) bond motifs is 1. The van der Waals surface area contributed by atoms with Gasteiger partial charge in [0.25, 0.3) is 0 Å². The van der Waals surface area contributed by atoms with E-state index in [1.165, 1.54) is 5.56 Å². The molecule has 1 aromatic carbocycles. The van der Waals surface area contributed by atoms with E-state index >= 15 is 0 Å². The van der Waals surface area contributed by atoms with Crippen LogP contribution in [0.4, 0.5) is 0 Å². The van der Waals surface area contributed by atoms with Crippen molar-refractivity contribution < 1.29 is 9.90 Å². The van der Waals surface area contributed by atoms with Crippen LogP contribution in [0.1, 0.15) is 54.9 Å². The summed E-state index contributed by atoms with van der Waals surface area (Å²) in [6.45, 7) is 10.4. The Kier molecular flexibility index (Phi) is 3.17. The zero-order chi connectivity index (χ0) is 14.4. The molecular formula is C16H21NO2. The number of hydrogen-bond donors (Lipinski definition) is 2. The molecule has 0 saturated carbocycles. The molecule has 0 aliphatic rings. The SMILES string of the molecule is CCc1c(C)[nH]c2c(C(=O)O)cc(C(C)(C)C)cc12. The number of benzene rings is 1. The predicted molar refractivity (Wildman–Crippen MR) is 78.1 cm³/mol. The summed E-state index contributed by atoms with van der Waals surface area (Å²) in [6, 6.07) is 3.92. The average Bonchev–Trinajstić information content (AvgIpc) is 2.61. The third-order valence-corrected chi connectivity index (χ3v) is 3.68. The molecule has 3 nitrogen and oxygen atoms in total. The Bertz CT molecular complexity index is 645. The number of aryl methyl sites for hydroxylation is 2. The van der Waals surface area contributed by atoms with Crippen LogP contribution in [0.5, 0.6) is 0 Å². The predicted octanol–water partition coefficient (Wildman–Crippen LogP) is 4.03. The first-order chi connectivity index (χ1) is 8.75. The highest BCUT2D eigenvalue weighted by atomic mass is 16.4. The molecule has 0 bridgehead atoms. The van der Waals surface area contributed by atoms with Crippen molar-refractivity contribution in [1.82, 2.24) is 4.98 Å². The number of carbonyl (C=O) groups is 1. The quantitative estimate of drug-likeness (QED) is 0.855. The summed E-state index contributed by atoms with van der Waals surface area (Å²) in [6.07, 6.45) is 0.901. The third-order valence-electron chi connectivity index (χ3n) is 3.68. The molecule has 0 aliphatic heterocycles. The van der Waals surface area contributed by atoms with Crippen LogP contribution in [-0.2, 0) is 11.8 Å². The molecule has 0 unspecified atom stereocenters. The lowest BCUT2D eigenvalue weighted by molar-refractivity contribution is 0.0698. The topological polar surface area (TPSA) is 53.1 Å². The summed E-state index contributed by atoms with van der Waals surface area (Å²) in [5, 5.41) is 10.5. The number of carboxylic acid groups (broad SMARTS) is 1. The van der Waals surface area contributed by atoms with E-state index in [1.807, 2.05) is 6.92 Å². The number of nitrogens with one attached hydrogen (secondary N) is 1. The lowest BCUT2D eigenvalue weighted by Gasteiger charge is -2.20. The molecule has 1 heterocycles. The first kappa shape index (κ1) is 13.7. The first-order valence-corrected chi connectivity index (χ1v) is 6.64. The van der Waals surface area contributed by atoms with Crippen molar-refractivity contribution in [3.05, 3.63) is 34.5 Å². The summed E-state index contributed by atoms with van der Waals surface area (Å²) in [4.78, 5) is 14.7. The van der Waals surface area contributed by atoms with Gasteiger partial charge in [-0.3, -0.25) is 0 Å². The molecule has 102 valence electrons. The van der Waals surface area contributed by atoms with Crippen LogP contribution in [0, 0.1) is 6.92 Å². The molecule has 2 rings (SSSR count). The van der Waals surface area contributed by atoms with E-state index in [2.05, 4.69) is 38.7 Å². The maximum Gasteiger partial charge on any atom is 0.337 e. The van der Waals surface area contributed by atoms with Gasteiger partial charge in [0, 0.05) is 11.1 Å². The van der Waals surface area contributed by atoms with Gasteiger partial charge in [-0.2, -0.15) is 0 Å². The summed E-state index contributed by atoms with van der Waals surface area (Å²) in [5.41, 5.74) is 4.38. The van der Waals surface area contributed by atoms with Gasteiger partial charge in [-0.15, -0.1) is 0 Å². The van der Waals surface area contributed by atoms with Crippen molar-refractivity contribution in [2.75, 3.05) is 0 Å². The van der Waals surface area contributed by atoms with Crippen LogP contribution in [-0.4, -0.2) is 16.1 Å². The fourth-order valence-electron chi connectivity index (χ4n) is 2.54. The zero-order valence-electron chi connectivity index (χ0n) is 12.2.